The van der Waals surface area contributed by atoms with Crippen molar-refractivity contribution >= 4 is 46.7 Å². The van der Waals surface area contributed by atoms with Crippen molar-refractivity contribution in [3.8, 4) is 0 Å². The van der Waals surface area contributed by atoms with Crippen LogP contribution in [0.15, 0.2) is 47.5 Å². The lowest BCUT2D eigenvalue weighted by Gasteiger charge is -2.39. The van der Waals surface area contributed by atoms with Crippen molar-refractivity contribution in [2.45, 2.75) is 31.7 Å². The highest BCUT2D eigenvalue weighted by Crippen LogP contribution is 2.26. The van der Waals surface area contributed by atoms with Crippen molar-refractivity contribution in [1.29, 1.82) is 0 Å². The first-order valence-corrected chi connectivity index (χ1v) is 12.8. The van der Waals surface area contributed by atoms with Crippen LogP contribution in [-0.2, 0) is 4.79 Å². The van der Waals surface area contributed by atoms with Gasteiger partial charge in [-0.05, 0) is 55.2 Å². The summed E-state index contributed by atoms with van der Waals surface area (Å²) in [5.74, 6) is 1.14. The molecule has 3 aromatic rings. The number of nitrogens with zero attached hydrogens (tertiary/aromatic N) is 5. The Kier molecular flexibility index (Phi) is 5.86. The highest BCUT2D eigenvalue weighted by molar-refractivity contribution is 6.51. The predicted molar refractivity (Wildman–Crippen MR) is 141 cm³/mol. The quantitative estimate of drug-likeness (QED) is 0.625. The molecule has 180 valence electrons. The summed E-state index contributed by atoms with van der Waals surface area (Å²) in [6.07, 6.45) is 6.28. The highest BCUT2D eigenvalue weighted by Gasteiger charge is 2.30. The van der Waals surface area contributed by atoms with E-state index in [-0.39, 0.29) is 11.9 Å². The number of carbonyl (C=O) groups is 1. The molecule has 1 atom stereocenters. The zero-order valence-electron chi connectivity index (χ0n) is 20.1. The van der Waals surface area contributed by atoms with Crippen LogP contribution in [0.3, 0.4) is 0 Å². The van der Waals surface area contributed by atoms with Crippen molar-refractivity contribution in [1.82, 2.24) is 20.0 Å². The van der Waals surface area contributed by atoms with E-state index in [1.165, 1.54) is 11.8 Å². The molecule has 0 radical (unpaired) electrons. The Labute approximate surface area is 205 Å². The fourth-order valence-corrected chi connectivity index (χ4v) is 5.65. The minimum atomic E-state index is 0.0757. The summed E-state index contributed by atoms with van der Waals surface area (Å²) in [6.45, 7) is 9.81. The monoisotopic (exact) mass is 468 g/mol. The van der Waals surface area contributed by atoms with Crippen LogP contribution in [0.4, 0.5) is 11.5 Å². The molecule has 6 rings (SSSR count). The lowest BCUT2D eigenvalue weighted by atomic mass is 9.98. The molecule has 1 aromatic heterocycles. The van der Waals surface area contributed by atoms with Crippen LogP contribution in [0.25, 0.3) is 23.6 Å². The Morgan fingerprint density at radius 1 is 1.06 bits per heavy atom. The van der Waals surface area contributed by atoms with Gasteiger partial charge in [0.25, 0.3) is 5.91 Å². The van der Waals surface area contributed by atoms with Gasteiger partial charge < -0.3 is 9.80 Å². The van der Waals surface area contributed by atoms with E-state index < -0.39 is 0 Å². The van der Waals surface area contributed by atoms with Gasteiger partial charge >= 0.3 is 0 Å². The molecular formula is C28H32N6O. The number of piperidine rings is 1. The number of carbonyl (C=O) groups excluding carboxylic acids is 1. The number of benzene rings is 2. The summed E-state index contributed by atoms with van der Waals surface area (Å²) in [4.78, 5) is 25.1. The third-order valence-corrected chi connectivity index (χ3v) is 7.64. The zero-order valence-corrected chi connectivity index (χ0v) is 20.1. The number of hydrogen-bond acceptors (Lipinski definition) is 5. The van der Waals surface area contributed by atoms with Gasteiger partial charge in [-0.25, -0.2) is 4.99 Å². The second kappa shape index (κ2) is 9.30. The van der Waals surface area contributed by atoms with Gasteiger partial charge in [-0.1, -0.05) is 30.8 Å². The number of para-hydroxylation sites is 1. The minimum absolute atomic E-state index is 0.0757. The number of rotatable bonds is 5. The first-order chi connectivity index (χ1) is 17.2. The molecule has 4 heterocycles. The van der Waals surface area contributed by atoms with Crippen molar-refractivity contribution in [2.24, 2.45) is 4.99 Å². The van der Waals surface area contributed by atoms with Crippen LogP contribution in [-0.4, -0.2) is 76.9 Å². The summed E-state index contributed by atoms with van der Waals surface area (Å²) in [5, 5.41) is 10.9. The lowest BCUT2D eigenvalue weighted by Crippen LogP contribution is -2.50. The van der Waals surface area contributed by atoms with Crippen molar-refractivity contribution in [2.75, 3.05) is 44.2 Å². The minimum Gasteiger partial charge on any atom is -0.352 e. The summed E-state index contributed by atoms with van der Waals surface area (Å²) >= 11 is 0. The van der Waals surface area contributed by atoms with Crippen LogP contribution in [0.1, 0.15) is 25.7 Å². The molecule has 0 bridgehead atoms. The van der Waals surface area contributed by atoms with E-state index in [0.717, 1.165) is 86.0 Å². The van der Waals surface area contributed by atoms with Crippen LogP contribution < -0.4 is 15.3 Å². The van der Waals surface area contributed by atoms with E-state index in [4.69, 9.17) is 0 Å². The number of H-pyrrole nitrogens is 1. The molecule has 7 heteroatoms. The molecule has 3 aliphatic heterocycles. The molecule has 2 aromatic carbocycles. The molecule has 1 amide bonds. The Morgan fingerprint density at radius 3 is 2.80 bits per heavy atom. The zero-order chi connectivity index (χ0) is 23.8. The molecule has 7 nitrogen and oxygen atoms in total. The van der Waals surface area contributed by atoms with E-state index in [2.05, 4.69) is 54.7 Å². The van der Waals surface area contributed by atoms with E-state index in [1.54, 1.807) is 0 Å². The molecule has 0 aliphatic carbocycles. The number of fused-ring (bicyclic) bond motifs is 2. The first kappa shape index (κ1) is 22.0. The molecule has 1 N–H and O–H groups in total. The average Bonchev–Trinajstić information content (AvgIpc) is 3.52. The highest BCUT2D eigenvalue weighted by atomic mass is 16.2. The second-order valence-corrected chi connectivity index (χ2v) is 9.89. The summed E-state index contributed by atoms with van der Waals surface area (Å²) in [6, 6.07) is 14.5. The number of nitrogens with one attached hydrogen (secondary N) is 1. The third-order valence-electron chi connectivity index (χ3n) is 7.64. The smallest absolute Gasteiger partial charge is 0.272 e. The number of aromatic nitrogens is 2. The largest absolute Gasteiger partial charge is 0.352 e. The Balaban J connectivity index is 1.06. The summed E-state index contributed by atoms with van der Waals surface area (Å²) in [7, 11) is 0. The molecule has 2 saturated heterocycles. The van der Waals surface area contributed by atoms with Gasteiger partial charge in [0.1, 0.15) is 5.71 Å². The maximum Gasteiger partial charge on any atom is 0.272 e. The van der Waals surface area contributed by atoms with E-state index in [0.29, 0.717) is 5.71 Å². The summed E-state index contributed by atoms with van der Waals surface area (Å²) < 4.78 is 0. The van der Waals surface area contributed by atoms with Crippen molar-refractivity contribution in [3.63, 3.8) is 0 Å². The van der Waals surface area contributed by atoms with E-state index in [1.807, 2.05) is 30.3 Å². The fraction of sp³-hybridized carbons (Fsp3) is 0.393. The molecule has 3 aliphatic rings. The fourth-order valence-electron chi connectivity index (χ4n) is 5.65. The van der Waals surface area contributed by atoms with Crippen molar-refractivity contribution < 1.29 is 4.79 Å². The maximum absolute atomic E-state index is 13.4. The second-order valence-electron chi connectivity index (χ2n) is 9.89. The van der Waals surface area contributed by atoms with Crippen LogP contribution in [0.5, 0.6) is 0 Å². The predicted octanol–water partition coefficient (Wildman–Crippen LogP) is 2.43. The number of aromatic amines is 1. The number of hydrogen-bond donors (Lipinski definition) is 1. The Morgan fingerprint density at radius 2 is 1.91 bits per heavy atom. The van der Waals surface area contributed by atoms with Gasteiger partial charge in [0.15, 0.2) is 5.82 Å². The van der Waals surface area contributed by atoms with Crippen LogP contribution in [0, 0.1) is 0 Å². The van der Waals surface area contributed by atoms with Gasteiger partial charge in [-0.15, -0.1) is 0 Å². The number of likely N-dealkylation sites (tertiary alicyclic amines) is 1. The Hall–Kier alpha value is -3.45. The standard InChI is InChI=1S/C28H32N6O/c1-20-9-10-21-19-26(29-25(21)18-20)28(35)34-12-5-4-6-22(34)11-13-32-14-16-33(17-15-32)27-23-7-2-3-8-24(23)30-31-27/h2-3,7-10,18-19,22H,1,4-6,11-17H2,(H,30,31). The Bertz CT molecular complexity index is 1380. The summed E-state index contributed by atoms with van der Waals surface area (Å²) in [5.41, 5.74) is 2.51. The number of anilines is 1. The van der Waals surface area contributed by atoms with E-state index >= 15 is 0 Å². The van der Waals surface area contributed by atoms with Gasteiger partial charge in [-0.2, -0.15) is 5.10 Å². The third kappa shape index (κ3) is 4.36. The number of piperazine rings is 1. The topological polar surface area (TPSA) is 67.8 Å². The van der Waals surface area contributed by atoms with Crippen molar-refractivity contribution in [3.05, 3.63) is 52.9 Å². The molecular weight excluding hydrogens is 436 g/mol. The molecule has 2 fully saturated rings. The molecule has 1 unspecified atom stereocenters. The average molecular weight is 469 g/mol. The normalized spacial score (nSPS) is 20.6. The van der Waals surface area contributed by atoms with Gasteiger partial charge in [-0.3, -0.25) is 14.8 Å². The molecule has 0 spiro atoms. The number of aliphatic imine (C=N–C) groups is 1. The number of amides is 1. The SMILES string of the molecule is C=c1ccc2c(c1)N=C(C(=O)N1CCCCC1CCN1CCN(c3n[nH]c4ccccc34)CC1)C=2. The van der Waals surface area contributed by atoms with Gasteiger partial charge in [0, 0.05) is 55.9 Å². The lowest BCUT2D eigenvalue weighted by molar-refractivity contribution is -0.127. The van der Waals surface area contributed by atoms with E-state index in [9.17, 15) is 4.79 Å². The molecule has 35 heavy (non-hydrogen) atoms. The molecule has 0 saturated carbocycles. The van der Waals surface area contributed by atoms with Crippen LogP contribution >= 0.6 is 0 Å². The van der Waals surface area contributed by atoms with Gasteiger partial charge in [0.05, 0.1) is 11.2 Å². The first-order valence-electron chi connectivity index (χ1n) is 12.8. The van der Waals surface area contributed by atoms with Gasteiger partial charge in [0.2, 0.25) is 0 Å². The maximum atomic E-state index is 13.4. The van der Waals surface area contributed by atoms with Crippen LogP contribution in [0.2, 0.25) is 0 Å².